The second-order valence-corrected chi connectivity index (χ2v) is 7.11. The molecule has 0 aliphatic carbocycles. The highest BCUT2D eigenvalue weighted by atomic mass is 16.2. The average molecular weight is 283 g/mol. The molecule has 0 spiro atoms. The molecule has 5 nitrogen and oxygen atoms in total. The van der Waals surface area contributed by atoms with Crippen LogP contribution < -0.4 is 11.1 Å². The third-order valence-corrected chi connectivity index (χ3v) is 3.86. The van der Waals surface area contributed by atoms with Gasteiger partial charge in [0.1, 0.15) is 0 Å². The summed E-state index contributed by atoms with van der Waals surface area (Å²) in [5.74, 6) is 0.141. The highest BCUT2D eigenvalue weighted by molar-refractivity contribution is 5.82. The smallest absolute Gasteiger partial charge is 0.237 e. The van der Waals surface area contributed by atoms with Crippen molar-refractivity contribution in [2.75, 3.05) is 13.1 Å². The molecule has 0 radical (unpaired) electrons. The van der Waals surface area contributed by atoms with Gasteiger partial charge in [0.15, 0.2) is 0 Å². The van der Waals surface area contributed by atoms with Crippen molar-refractivity contribution in [2.24, 2.45) is 17.1 Å². The number of nitrogens with zero attached hydrogens (tertiary/aromatic N) is 1. The average Bonchev–Trinajstić information content (AvgIpc) is 2.36. The summed E-state index contributed by atoms with van der Waals surface area (Å²) < 4.78 is 0. The van der Waals surface area contributed by atoms with Crippen molar-refractivity contribution < 1.29 is 9.59 Å². The van der Waals surface area contributed by atoms with Crippen molar-refractivity contribution in [3.8, 4) is 0 Å². The highest BCUT2D eigenvalue weighted by Gasteiger charge is 2.30. The van der Waals surface area contributed by atoms with Gasteiger partial charge in [-0.15, -0.1) is 0 Å². The molecule has 1 aliphatic heterocycles. The molecular formula is C15H29N3O2. The zero-order chi connectivity index (χ0) is 15.5. The van der Waals surface area contributed by atoms with Crippen LogP contribution in [-0.4, -0.2) is 41.9 Å². The van der Waals surface area contributed by atoms with Gasteiger partial charge >= 0.3 is 0 Å². The van der Waals surface area contributed by atoms with E-state index in [1.165, 1.54) is 0 Å². The molecule has 1 rings (SSSR count). The van der Waals surface area contributed by atoms with Gasteiger partial charge in [-0.1, -0.05) is 34.6 Å². The fourth-order valence-corrected chi connectivity index (χ4v) is 2.29. The van der Waals surface area contributed by atoms with Gasteiger partial charge in [-0.2, -0.15) is 0 Å². The van der Waals surface area contributed by atoms with Crippen molar-refractivity contribution in [3.63, 3.8) is 0 Å². The summed E-state index contributed by atoms with van der Waals surface area (Å²) in [5.41, 5.74) is 5.71. The minimum absolute atomic E-state index is 0.0375. The largest absolute Gasteiger partial charge is 0.352 e. The molecule has 116 valence electrons. The van der Waals surface area contributed by atoms with Crippen molar-refractivity contribution in [1.82, 2.24) is 10.2 Å². The van der Waals surface area contributed by atoms with E-state index in [2.05, 4.69) is 5.32 Å². The minimum Gasteiger partial charge on any atom is -0.352 e. The Hall–Kier alpha value is -1.10. The summed E-state index contributed by atoms with van der Waals surface area (Å²) in [6.45, 7) is 11.1. The Kier molecular flexibility index (Phi) is 5.57. The lowest BCUT2D eigenvalue weighted by atomic mass is 9.86. The molecule has 0 bridgehead atoms. The van der Waals surface area contributed by atoms with Crippen molar-refractivity contribution >= 4 is 11.8 Å². The number of nitrogens with two attached hydrogens (primary N) is 1. The van der Waals surface area contributed by atoms with E-state index in [1.54, 1.807) is 0 Å². The van der Waals surface area contributed by atoms with Gasteiger partial charge in [0, 0.05) is 25.0 Å². The van der Waals surface area contributed by atoms with Crippen LogP contribution in [0, 0.1) is 11.3 Å². The Morgan fingerprint density at radius 1 is 1.20 bits per heavy atom. The molecule has 0 aromatic carbocycles. The first kappa shape index (κ1) is 17.0. The van der Waals surface area contributed by atoms with E-state index in [-0.39, 0.29) is 29.2 Å². The topological polar surface area (TPSA) is 75.4 Å². The molecule has 1 atom stereocenters. The number of amides is 2. The van der Waals surface area contributed by atoms with Crippen LogP contribution in [0.2, 0.25) is 0 Å². The Morgan fingerprint density at radius 3 is 2.10 bits per heavy atom. The first-order valence-corrected chi connectivity index (χ1v) is 7.47. The monoisotopic (exact) mass is 283 g/mol. The van der Waals surface area contributed by atoms with E-state index >= 15 is 0 Å². The number of carbonyl (C=O) groups excluding carboxylic acids is 2. The van der Waals surface area contributed by atoms with Crippen LogP contribution in [0.4, 0.5) is 0 Å². The maximum atomic E-state index is 12.1. The Bertz CT molecular complexity index is 353. The van der Waals surface area contributed by atoms with Gasteiger partial charge in [-0.05, 0) is 18.3 Å². The van der Waals surface area contributed by atoms with Gasteiger partial charge in [-0.25, -0.2) is 0 Å². The number of nitrogens with one attached hydrogen (secondary N) is 1. The van der Waals surface area contributed by atoms with Crippen LogP contribution in [0.15, 0.2) is 0 Å². The predicted molar refractivity (Wildman–Crippen MR) is 80.0 cm³/mol. The summed E-state index contributed by atoms with van der Waals surface area (Å²) in [4.78, 5) is 25.8. The van der Waals surface area contributed by atoms with Crippen molar-refractivity contribution in [3.05, 3.63) is 0 Å². The Labute approximate surface area is 122 Å². The predicted octanol–water partition coefficient (Wildman–Crippen LogP) is 1.12. The fourth-order valence-electron chi connectivity index (χ4n) is 2.29. The molecule has 0 unspecified atom stereocenters. The highest BCUT2D eigenvalue weighted by Crippen LogP contribution is 2.18. The molecule has 3 N–H and O–H groups in total. The van der Waals surface area contributed by atoms with Gasteiger partial charge in [0.05, 0.1) is 6.04 Å². The third kappa shape index (κ3) is 4.47. The molecule has 0 aromatic heterocycles. The lowest BCUT2D eigenvalue weighted by Gasteiger charge is -2.35. The molecule has 20 heavy (non-hydrogen) atoms. The zero-order valence-corrected chi connectivity index (χ0v) is 13.4. The van der Waals surface area contributed by atoms with Gasteiger partial charge in [-0.3, -0.25) is 9.59 Å². The van der Waals surface area contributed by atoms with E-state index < -0.39 is 6.04 Å². The van der Waals surface area contributed by atoms with Crippen molar-refractivity contribution in [2.45, 2.75) is 59.5 Å². The van der Waals surface area contributed by atoms with E-state index in [0.717, 1.165) is 12.8 Å². The number of likely N-dealkylation sites (tertiary alicyclic amines) is 1. The Balaban J connectivity index is 2.43. The lowest BCUT2D eigenvalue weighted by Crippen LogP contribution is -2.54. The summed E-state index contributed by atoms with van der Waals surface area (Å²) in [7, 11) is 0. The summed E-state index contributed by atoms with van der Waals surface area (Å²) in [6.07, 6.45) is 1.61. The first-order chi connectivity index (χ1) is 9.12. The van der Waals surface area contributed by atoms with Crippen LogP contribution in [0.5, 0.6) is 0 Å². The third-order valence-electron chi connectivity index (χ3n) is 3.86. The number of rotatable bonds is 3. The molecule has 1 fully saturated rings. The summed E-state index contributed by atoms with van der Waals surface area (Å²) in [6, 6.07) is -0.370. The molecule has 1 heterocycles. The SMILES string of the molecule is CC(C)C(=O)N1CCC(NC(=O)[C@H](N)C(C)(C)C)CC1. The molecule has 5 heteroatoms. The number of piperidine rings is 1. The second kappa shape index (κ2) is 6.57. The van der Waals surface area contributed by atoms with Crippen LogP contribution >= 0.6 is 0 Å². The van der Waals surface area contributed by atoms with Gasteiger partial charge in [0.2, 0.25) is 11.8 Å². The number of hydrogen-bond donors (Lipinski definition) is 2. The summed E-state index contributed by atoms with van der Waals surface area (Å²) in [5, 5.41) is 3.01. The van der Waals surface area contributed by atoms with E-state index in [4.69, 9.17) is 5.73 Å². The fraction of sp³-hybridized carbons (Fsp3) is 0.867. The molecule has 1 aliphatic rings. The lowest BCUT2D eigenvalue weighted by molar-refractivity contribution is -0.135. The van der Waals surface area contributed by atoms with Crippen LogP contribution in [0.25, 0.3) is 0 Å². The molecular weight excluding hydrogens is 254 g/mol. The van der Waals surface area contributed by atoms with E-state index in [9.17, 15) is 9.59 Å². The second-order valence-electron chi connectivity index (χ2n) is 7.11. The summed E-state index contributed by atoms with van der Waals surface area (Å²) >= 11 is 0. The van der Waals surface area contributed by atoms with E-state index in [1.807, 2.05) is 39.5 Å². The maximum absolute atomic E-state index is 12.1. The van der Waals surface area contributed by atoms with Crippen molar-refractivity contribution in [1.29, 1.82) is 0 Å². The molecule has 0 saturated carbocycles. The molecule has 2 amide bonds. The number of carbonyl (C=O) groups is 2. The standard InChI is InChI=1S/C15H29N3O2/c1-10(2)14(20)18-8-6-11(7-9-18)17-13(19)12(16)15(3,4)5/h10-12H,6-9,16H2,1-5H3,(H,17,19)/t12-/m0/s1. The first-order valence-electron chi connectivity index (χ1n) is 7.47. The van der Waals surface area contributed by atoms with Crippen LogP contribution in [0.3, 0.4) is 0 Å². The number of hydrogen-bond acceptors (Lipinski definition) is 3. The minimum atomic E-state index is -0.502. The van der Waals surface area contributed by atoms with Gasteiger partial charge in [0.25, 0.3) is 0 Å². The molecule has 0 aromatic rings. The van der Waals surface area contributed by atoms with E-state index in [0.29, 0.717) is 13.1 Å². The molecule has 1 saturated heterocycles. The maximum Gasteiger partial charge on any atom is 0.237 e. The quantitative estimate of drug-likeness (QED) is 0.815. The van der Waals surface area contributed by atoms with Gasteiger partial charge < -0.3 is 16.0 Å². The Morgan fingerprint density at radius 2 is 1.70 bits per heavy atom. The van der Waals surface area contributed by atoms with Crippen LogP contribution in [-0.2, 0) is 9.59 Å². The van der Waals surface area contributed by atoms with Crippen LogP contribution in [0.1, 0.15) is 47.5 Å². The normalized spacial score (nSPS) is 19.1. The zero-order valence-electron chi connectivity index (χ0n) is 13.4.